The second kappa shape index (κ2) is 6.02. The fourth-order valence-electron chi connectivity index (χ4n) is 5.15. The normalized spacial score (nSPS) is 17.0. The summed E-state index contributed by atoms with van der Waals surface area (Å²) in [5.41, 5.74) is 8.78. The third-order valence-electron chi connectivity index (χ3n) is 6.49. The van der Waals surface area contributed by atoms with Crippen molar-refractivity contribution in [2.75, 3.05) is 11.9 Å². The van der Waals surface area contributed by atoms with E-state index < -0.39 is 0 Å². The van der Waals surface area contributed by atoms with Gasteiger partial charge in [-0.25, -0.2) is 0 Å². The third kappa shape index (κ3) is 2.23. The highest BCUT2D eigenvalue weighted by molar-refractivity contribution is 5.83. The van der Waals surface area contributed by atoms with Crippen LogP contribution in [0.5, 0.6) is 0 Å². The van der Waals surface area contributed by atoms with Crippen LogP contribution >= 0.6 is 0 Å². The fourth-order valence-corrected chi connectivity index (χ4v) is 5.15. The van der Waals surface area contributed by atoms with E-state index in [-0.39, 0.29) is 5.41 Å². The molecule has 130 valence electrons. The van der Waals surface area contributed by atoms with Crippen LogP contribution in [-0.4, -0.2) is 7.05 Å². The summed E-state index contributed by atoms with van der Waals surface area (Å²) in [6, 6.07) is 26.9. The molecule has 2 aliphatic rings. The van der Waals surface area contributed by atoms with E-state index >= 15 is 0 Å². The Balaban J connectivity index is 1.66. The Bertz CT molecular complexity index is 935. The van der Waals surface area contributed by atoms with E-state index in [1.54, 1.807) is 11.1 Å². The molecule has 0 aromatic heterocycles. The third-order valence-corrected chi connectivity index (χ3v) is 6.49. The maximum Gasteiger partial charge on any atom is 0.0411 e. The molecule has 1 spiro atoms. The van der Waals surface area contributed by atoms with Crippen molar-refractivity contribution < 1.29 is 0 Å². The minimum Gasteiger partial charge on any atom is -0.345 e. The van der Waals surface area contributed by atoms with Gasteiger partial charge in [-0.1, -0.05) is 67.8 Å². The number of anilines is 2. The molecule has 0 aliphatic heterocycles. The van der Waals surface area contributed by atoms with Gasteiger partial charge in [-0.15, -0.1) is 0 Å². The largest absolute Gasteiger partial charge is 0.345 e. The van der Waals surface area contributed by atoms with Gasteiger partial charge in [-0.2, -0.15) is 0 Å². The Hall–Kier alpha value is -2.54. The number of nitrogens with zero attached hydrogens (tertiary/aromatic N) is 1. The molecular formula is C25H25N. The summed E-state index contributed by atoms with van der Waals surface area (Å²) in [7, 11) is 2.17. The molecule has 0 heterocycles. The summed E-state index contributed by atoms with van der Waals surface area (Å²) in [6.07, 6.45) is 6.63. The molecule has 0 saturated heterocycles. The Morgan fingerprint density at radius 1 is 0.654 bits per heavy atom. The van der Waals surface area contributed by atoms with E-state index in [4.69, 9.17) is 0 Å². The second-order valence-electron chi connectivity index (χ2n) is 7.81. The Kier molecular flexibility index (Phi) is 3.63. The average molecular weight is 339 g/mol. The van der Waals surface area contributed by atoms with Crippen LogP contribution in [0, 0.1) is 0 Å². The highest BCUT2D eigenvalue weighted by Crippen LogP contribution is 2.56. The molecular weight excluding hydrogens is 314 g/mol. The van der Waals surface area contributed by atoms with Crippen molar-refractivity contribution in [2.24, 2.45) is 0 Å². The Labute approximate surface area is 156 Å². The van der Waals surface area contributed by atoms with Gasteiger partial charge in [0.2, 0.25) is 0 Å². The maximum atomic E-state index is 2.47. The first-order valence-electron chi connectivity index (χ1n) is 9.83. The molecule has 2 aliphatic carbocycles. The maximum absolute atomic E-state index is 2.47. The number of hydrogen-bond acceptors (Lipinski definition) is 1. The second-order valence-corrected chi connectivity index (χ2v) is 7.81. The molecule has 5 rings (SSSR count). The van der Waals surface area contributed by atoms with E-state index in [0.29, 0.717) is 0 Å². The first-order valence-corrected chi connectivity index (χ1v) is 9.83. The molecule has 26 heavy (non-hydrogen) atoms. The number of hydrogen-bond donors (Lipinski definition) is 0. The van der Waals surface area contributed by atoms with Crippen molar-refractivity contribution in [3.63, 3.8) is 0 Å². The first kappa shape index (κ1) is 15.7. The molecule has 1 nitrogen and oxygen atoms in total. The molecule has 0 N–H and O–H groups in total. The summed E-state index contributed by atoms with van der Waals surface area (Å²) < 4.78 is 0. The molecule has 1 fully saturated rings. The van der Waals surface area contributed by atoms with Gasteiger partial charge in [0.25, 0.3) is 0 Å². The van der Waals surface area contributed by atoms with Crippen LogP contribution in [0.15, 0.2) is 72.8 Å². The lowest BCUT2D eigenvalue weighted by Crippen LogP contribution is -2.28. The molecule has 0 amide bonds. The summed E-state index contributed by atoms with van der Waals surface area (Å²) in [6.45, 7) is 0. The summed E-state index contributed by atoms with van der Waals surface area (Å²) in [5.74, 6) is 0. The number of rotatable bonds is 2. The molecule has 3 aromatic rings. The van der Waals surface area contributed by atoms with Crippen molar-refractivity contribution in [1.29, 1.82) is 0 Å². The van der Waals surface area contributed by atoms with E-state index in [1.807, 2.05) is 0 Å². The lowest BCUT2D eigenvalue weighted by molar-refractivity contribution is 0.353. The van der Waals surface area contributed by atoms with Gasteiger partial charge in [0, 0.05) is 23.8 Å². The number of fused-ring (bicyclic) bond motifs is 5. The van der Waals surface area contributed by atoms with E-state index in [0.717, 1.165) is 0 Å². The molecule has 1 saturated carbocycles. The lowest BCUT2D eigenvalue weighted by Gasteiger charge is -2.36. The Morgan fingerprint density at radius 3 is 2.15 bits per heavy atom. The fraction of sp³-hybridized carbons (Fsp3) is 0.280. The van der Waals surface area contributed by atoms with Crippen molar-refractivity contribution in [2.45, 2.75) is 37.5 Å². The first-order chi connectivity index (χ1) is 12.8. The summed E-state index contributed by atoms with van der Waals surface area (Å²) in [4.78, 5) is 2.31. The van der Waals surface area contributed by atoms with Crippen LogP contribution in [0.4, 0.5) is 11.4 Å². The van der Waals surface area contributed by atoms with Crippen LogP contribution in [0.1, 0.15) is 43.2 Å². The summed E-state index contributed by atoms with van der Waals surface area (Å²) in [5, 5.41) is 0. The predicted octanol–water partition coefficient (Wildman–Crippen LogP) is 6.69. The van der Waals surface area contributed by atoms with Crippen molar-refractivity contribution >= 4 is 11.4 Å². The number of para-hydroxylation sites is 1. The molecule has 1 heteroatoms. The van der Waals surface area contributed by atoms with Crippen LogP contribution in [0.25, 0.3) is 11.1 Å². The minimum atomic E-state index is 0.234. The highest BCUT2D eigenvalue weighted by Gasteiger charge is 2.43. The van der Waals surface area contributed by atoms with Crippen LogP contribution < -0.4 is 4.90 Å². The standard InChI is InChI=1S/C25H25N/c1-26(19-10-4-2-5-11-19)20-14-15-22-21-12-6-7-13-23(21)25(24(22)18-20)16-8-3-9-17-25/h2,4-7,10-15,18H,3,8-9,16-17H2,1H3. The van der Waals surface area contributed by atoms with Gasteiger partial charge in [0.15, 0.2) is 0 Å². The SMILES string of the molecule is CN(c1ccccc1)c1ccc2c(c1)C1(CCCCC1)c1ccccc1-2. The zero-order valence-electron chi connectivity index (χ0n) is 15.4. The molecule has 3 aromatic carbocycles. The van der Waals surface area contributed by atoms with Gasteiger partial charge in [-0.3, -0.25) is 0 Å². The zero-order chi connectivity index (χ0) is 17.6. The van der Waals surface area contributed by atoms with E-state index in [2.05, 4.69) is 84.7 Å². The average Bonchev–Trinajstić information content (AvgIpc) is 2.98. The van der Waals surface area contributed by atoms with Crippen molar-refractivity contribution in [1.82, 2.24) is 0 Å². The van der Waals surface area contributed by atoms with Gasteiger partial charge >= 0.3 is 0 Å². The highest BCUT2D eigenvalue weighted by atomic mass is 15.1. The monoisotopic (exact) mass is 339 g/mol. The topological polar surface area (TPSA) is 3.24 Å². The van der Waals surface area contributed by atoms with E-state index in [9.17, 15) is 0 Å². The van der Waals surface area contributed by atoms with Crippen LogP contribution in [-0.2, 0) is 5.41 Å². The van der Waals surface area contributed by atoms with Crippen LogP contribution in [0.3, 0.4) is 0 Å². The smallest absolute Gasteiger partial charge is 0.0411 e. The molecule has 0 radical (unpaired) electrons. The van der Waals surface area contributed by atoms with Gasteiger partial charge in [0.1, 0.15) is 0 Å². The Morgan fingerprint density at radius 2 is 1.35 bits per heavy atom. The van der Waals surface area contributed by atoms with Gasteiger partial charge in [-0.05, 0) is 59.4 Å². The quantitative estimate of drug-likeness (QED) is 0.503. The van der Waals surface area contributed by atoms with Gasteiger partial charge < -0.3 is 4.90 Å². The van der Waals surface area contributed by atoms with Crippen molar-refractivity contribution in [3.05, 3.63) is 83.9 Å². The molecule has 0 atom stereocenters. The predicted molar refractivity (Wildman–Crippen MR) is 110 cm³/mol. The minimum absolute atomic E-state index is 0.234. The van der Waals surface area contributed by atoms with Crippen LogP contribution in [0.2, 0.25) is 0 Å². The van der Waals surface area contributed by atoms with E-state index in [1.165, 1.54) is 54.6 Å². The lowest BCUT2D eigenvalue weighted by atomic mass is 9.68. The van der Waals surface area contributed by atoms with Gasteiger partial charge in [0.05, 0.1) is 0 Å². The molecule has 0 bridgehead atoms. The van der Waals surface area contributed by atoms with Crippen molar-refractivity contribution in [3.8, 4) is 11.1 Å². The number of benzene rings is 3. The molecule has 0 unspecified atom stereocenters. The summed E-state index contributed by atoms with van der Waals surface area (Å²) >= 11 is 0. The zero-order valence-corrected chi connectivity index (χ0v) is 15.4.